The van der Waals surface area contributed by atoms with Crippen molar-refractivity contribution in [1.29, 1.82) is 0 Å². The zero-order valence-electron chi connectivity index (χ0n) is 13.6. The van der Waals surface area contributed by atoms with Crippen molar-refractivity contribution in [3.63, 3.8) is 0 Å². The van der Waals surface area contributed by atoms with Crippen LogP contribution < -0.4 is 5.32 Å². The third kappa shape index (κ3) is 6.59. The molecule has 0 fully saturated rings. The first-order chi connectivity index (χ1) is 10.6. The second kappa shape index (κ2) is 9.79. The average Bonchev–Trinajstić information content (AvgIpc) is 2.53. The van der Waals surface area contributed by atoms with Crippen molar-refractivity contribution < 1.29 is 14.6 Å². The number of allylic oxidation sites excluding steroid dienone is 2. The number of methoxy groups -OCH3 is 1. The van der Waals surface area contributed by atoms with Crippen molar-refractivity contribution in [2.45, 2.75) is 26.7 Å². The molecule has 4 nitrogen and oxygen atoms in total. The molecule has 0 saturated carbocycles. The maximum Gasteiger partial charge on any atom is 0.337 e. The van der Waals surface area contributed by atoms with Crippen LogP contribution in [0.25, 0.3) is 0 Å². The van der Waals surface area contributed by atoms with Gasteiger partial charge >= 0.3 is 5.97 Å². The van der Waals surface area contributed by atoms with Gasteiger partial charge in [0.1, 0.15) is 0 Å². The fraction of sp³-hybridized carbons (Fsp3) is 0.389. The van der Waals surface area contributed by atoms with Crippen LogP contribution in [0.5, 0.6) is 0 Å². The standard InChI is InChI=1S/C18H25NO3/c1-14(11-12-20)5-4-6-15(2)13-19-17-9-7-16(8-10-17)18(21)22-3/h6-11,19-20H,4-5,12-13H2,1-3H3/b14-11+,15-6+. The number of carbonyl (C=O) groups is 1. The lowest BCUT2D eigenvalue weighted by Gasteiger charge is -2.08. The number of rotatable bonds is 8. The predicted molar refractivity (Wildman–Crippen MR) is 90.1 cm³/mol. The zero-order valence-corrected chi connectivity index (χ0v) is 13.6. The summed E-state index contributed by atoms with van der Waals surface area (Å²) >= 11 is 0. The second-order valence-corrected chi connectivity index (χ2v) is 5.24. The minimum atomic E-state index is -0.325. The van der Waals surface area contributed by atoms with E-state index in [4.69, 9.17) is 5.11 Å². The van der Waals surface area contributed by atoms with Crippen molar-refractivity contribution in [3.05, 3.63) is 53.1 Å². The van der Waals surface area contributed by atoms with Crippen molar-refractivity contribution >= 4 is 11.7 Å². The molecule has 2 N–H and O–H groups in total. The van der Waals surface area contributed by atoms with Crippen LogP contribution >= 0.6 is 0 Å². The van der Waals surface area contributed by atoms with Gasteiger partial charge in [0.25, 0.3) is 0 Å². The van der Waals surface area contributed by atoms with E-state index in [0.717, 1.165) is 25.1 Å². The number of hydrogen-bond acceptors (Lipinski definition) is 4. The number of anilines is 1. The van der Waals surface area contributed by atoms with E-state index in [0.29, 0.717) is 5.56 Å². The molecule has 0 amide bonds. The summed E-state index contributed by atoms with van der Waals surface area (Å²) in [5.74, 6) is -0.325. The summed E-state index contributed by atoms with van der Waals surface area (Å²) in [7, 11) is 1.38. The highest BCUT2D eigenvalue weighted by atomic mass is 16.5. The summed E-state index contributed by atoms with van der Waals surface area (Å²) in [6.07, 6.45) is 5.97. The van der Waals surface area contributed by atoms with E-state index in [2.05, 4.69) is 23.1 Å². The number of carbonyl (C=O) groups excluding carboxylic acids is 1. The van der Waals surface area contributed by atoms with Gasteiger partial charge in [-0.05, 0) is 51.0 Å². The van der Waals surface area contributed by atoms with Crippen LogP contribution in [0, 0.1) is 0 Å². The molecule has 0 aliphatic heterocycles. The van der Waals surface area contributed by atoms with Crippen molar-refractivity contribution in [2.75, 3.05) is 25.6 Å². The average molecular weight is 303 g/mol. The van der Waals surface area contributed by atoms with Crippen LogP contribution in [0.4, 0.5) is 5.69 Å². The van der Waals surface area contributed by atoms with Gasteiger partial charge in [-0.2, -0.15) is 0 Å². The highest BCUT2D eigenvalue weighted by Crippen LogP contribution is 2.12. The number of nitrogens with one attached hydrogen (secondary N) is 1. The van der Waals surface area contributed by atoms with Crippen molar-refractivity contribution in [3.8, 4) is 0 Å². The number of hydrogen-bond donors (Lipinski definition) is 2. The smallest absolute Gasteiger partial charge is 0.337 e. The maximum absolute atomic E-state index is 11.3. The lowest BCUT2D eigenvalue weighted by atomic mass is 10.1. The van der Waals surface area contributed by atoms with E-state index in [1.54, 1.807) is 12.1 Å². The third-order valence-electron chi connectivity index (χ3n) is 3.35. The number of benzene rings is 1. The molecule has 0 radical (unpaired) electrons. The Morgan fingerprint density at radius 2 is 1.86 bits per heavy atom. The molecule has 120 valence electrons. The van der Waals surface area contributed by atoms with Gasteiger partial charge in [0.15, 0.2) is 0 Å². The van der Waals surface area contributed by atoms with Gasteiger partial charge in [-0.25, -0.2) is 4.79 Å². The first-order valence-corrected chi connectivity index (χ1v) is 7.41. The van der Waals surface area contributed by atoms with Gasteiger partial charge in [-0.3, -0.25) is 0 Å². The van der Waals surface area contributed by atoms with Crippen LogP contribution in [0.15, 0.2) is 47.6 Å². The molecular weight excluding hydrogens is 278 g/mol. The topological polar surface area (TPSA) is 58.6 Å². The molecule has 0 spiro atoms. The molecule has 22 heavy (non-hydrogen) atoms. The van der Waals surface area contributed by atoms with Gasteiger partial charge in [-0.1, -0.05) is 23.3 Å². The van der Waals surface area contributed by atoms with E-state index in [1.165, 1.54) is 18.3 Å². The van der Waals surface area contributed by atoms with Gasteiger partial charge in [0, 0.05) is 12.2 Å². The van der Waals surface area contributed by atoms with E-state index >= 15 is 0 Å². The van der Waals surface area contributed by atoms with Crippen LogP contribution in [-0.2, 0) is 4.74 Å². The molecule has 4 heteroatoms. The van der Waals surface area contributed by atoms with Crippen LogP contribution in [0.3, 0.4) is 0 Å². The summed E-state index contributed by atoms with van der Waals surface area (Å²) < 4.78 is 4.67. The third-order valence-corrected chi connectivity index (χ3v) is 3.35. The lowest BCUT2D eigenvalue weighted by molar-refractivity contribution is 0.0601. The Morgan fingerprint density at radius 1 is 1.18 bits per heavy atom. The number of ether oxygens (including phenoxy) is 1. The summed E-state index contributed by atoms with van der Waals surface area (Å²) in [5.41, 5.74) is 3.98. The minimum Gasteiger partial charge on any atom is -0.465 e. The molecule has 0 unspecified atom stereocenters. The Kier molecular flexibility index (Phi) is 8.00. The van der Waals surface area contributed by atoms with Gasteiger partial charge in [0.2, 0.25) is 0 Å². The molecule has 0 saturated heterocycles. The Hall–Kier alpha value is -2.07. The summed E-state index contributed by atoms with van der Waals surface area (Å²) in [5, 5.41) is 12.1. The number of aliphatic hydroxyl groups excluding tert-OH is 1. The summed E-state index contributed by atoms with van der Waals surface area (Å²) in [6.45, 7) is 4.99. The summed E-state index contributed by atoms with van der Waals surface area (Å²) in [4.78, 5) is 11.3. The van der Waals surface area contributed by atoms with Crippen LogP contribution in [0.1, 0.15) is 37.0 Å². The Balaban J connectivity index is 2.41. The van der Waals surface area contributed by atoms with E-state index in [1.807, 2.05) is 25.1 Å². The first kappa shape index (κ1) is 18.0. The number of aliphatic hydroxyl groups is 1. The molecule has 1 rings (SSSR count). The zero-order chi connectivity index (χ0) is 16.4. The monoisotopic (exact) mass is 303 g/mol. The molecule has 1 aromatic rings. The molecule has 1 aromatic carbocycles. The Labute approximate surface area is 132 Å². The lowest BCUT2D eigenvalue weighted by Crippen LogP contribution is -2.04. The molecule has 0 aliphatic carbocycles. The van der Waals surface area contributed by atoms with Crippen LogP contribution in [0.2, 0.25) is 0 Å². The second-order valence-electron chi connectivity index (χ2n) is 5.24. The Morgan fingerprint density at radius 3 is 2.45 bits per heavy atom. The normalized spacial score (nSPS) is 12.2. The molecule has 0 bridgehead atoms. The maximum atomic E-state index is 11.3. The predicted octanol–water partition coefficient (Wildman–Crippen LogP) is 3.55. The highest BCUT2D eigenvalue weighted by molar-refractivity contribution is 5.89. The Bertz CT molecular complexity index is 530. The van der Waals surface area contributed by atoms with Crippen LogP contribution in [-0.4, -0.2) is 31.3 Å². The fourth-order valence-electron chi connectivity index (χ4n) is 1.96. The molecule has 0 atom stereocenters. The quantitative estimate of drug-likeness (QED) is 0.569. The van der Waals surface area contributed by atoms with Crippen molar-refractivity contribution in [2.24, 2.45) is 0 Å². The first-order valence-electron chi connectivity index (χ1n) is 7.41. The molecular formula is C18H25NO3. The number of esters is 1. The van der Waals surface area contributed by atoms with Gasteiger partial charge in [0.05, 0.1) is 19.3 Å². The molecule has 0 aromatic heterocycles. The fourth-order valence-corrected chi connectivity index (χ4v) is 1.96. The van der Waals surface area contributed by atoms with E-state index in [-0.39, 0.29) is 12.6 Å². The minimum absolute atomic E-state index is 0.109. The van der Waals surface area contributed by atoms with Gasteiger partial charge < -0.3 is 15.2 Å². The molecule has 0 aliphatic rings. The van der Waals surface area contributed by atoms with Crippen molar-refractivity contribution in [1.82, 2.24) is 0 Å². The van der Waals surface area contributed by atoms with E-state index < -0.39 is 0 Å². The highest BCUT2D eigenvalue weighted by Gasteiger charge is 2.03. The summed E-state index contributed by atoms with van der Waals surface area (Å²) in [6, 6.07) is 7.23. The SMILES string of the molecule is COC(=O)c1ccc(NC/C(C)=C/CC/C(C)=C/CO)cc1. The largest absolute Gasteiger partial charge is 0.465 e. The molecule has 0 heterocycles. The van der Waals surface area contributed by atoms with Gasteiger partial charge in [-0.15, -0.1) is 0 Å². The van der Waals surface area contributed by atoms with E-state index in [9.17, 15) is 4.79 Å².